The molecule has 7 heteroatoms. The number of halogens is 1. The summed E-state index contributed by atoms with van der Waals surface area (Å²) in [6.45, 7) is 3.61. The maximum Gasteiger partial charge on any atom is 0.227 e. The Kier molecular flexibility index (Phi) is 10.9. The van der Waals surface area contributed by atoms with Crippen LogP contribution in [-0.4, -0.2) is 56.5 Å². The zero-order valence-electron chi connectivity index (χ0n) is 18.5. The van der Waals surface area contributed by atoms with E-state index in [0.717, 1.165) is 56.7 Å². The summed E-state index contributed by atoms with van der Waals surface area (Å²) in [4.78, 5) is 20.6. The molecule has 0 unspecified atom stereocenters. The highest BCUT2D eigenvalue weighted by molar-refractivity contribution is 14.0. The minimum absolute atomic E-state index is 0. The lowest BCUT2D eigenvalue weighted by atomic mass is 9.94. The van der Waals surface area contributed by atoms with Crippen LogP contribution in [0.1, 0.15) is 56.9 Å². The molecule has 2 N–H and O–H groups in total. The van der Waals surface area contributed by atoms with Crippen LogP contribution in [-0.2, 0) is 11.3 Å². The first kappa shape index (κ1) is 24.9. The average molecular weight is 527 g/mol. The number of hydrogen-bond donors (Lipinski definition) is 2. The monoisotopic (exact) mass is 527 g/mol. The van der Waals surface area contributed by atoms with E-state index in [4.69, 9.17) is 0 Å². The molecule has 1 amide bonds. The Morgan fingerprint density at radius 3 is 2.50 bits per heavy atom. The predicted octanol–water partition coefficient (Wildman–Crippen LogP) is 3.75. The second-order valence-electron chi connectivity index (χ2n) is 8.29. The van der Waals surface area contributed by atoms with Gasteiger partial charge in [0.2, 0.25) is 5.91 Å². The van der Waals surface area contributed by atoms with Crippen LogP contribution in [0.4, 0.5) is 5.69 Å². The highest BCUT2D eigenvalue weighted by Gasteiger charge is 2.21. The lowest BCUT2D eigenvalue weighted by Gasteiger charge is -2.31. The molecule has 1 saturated carbocycles. The van der Waals surface area contributed by atoms with Gasteiger partial charge in [-0.15, -0.1) is 24.0 Å². The van der Waals surface area contributed by atoms with Crippen molar-refractivity contribution in [1.82, 2.24) is 15.5 Å². The number of hydrogen-bond acceptors (Lipinski definition) is 3. The van der Waals surface area contributed by atoms with E-state index in [1.54, 1.807) is 0 Å². The van der Waals surface area contributed by atoms with E-state index in [-0.39, 0.29) is 29.9 Å². The molecule has 3 rings (SSSR count). The Hall–Kier alpha value is -1.35. The molecule has 30 heavy (non-hydrogen) atoms. The number of rotatable bonds is 8. The quantitative estimate of drug-likeness (QED) is 0.234. The first-order valence-electron chi connectivity index (χ1n) is 11.2. The van der Waals surface area contributed by atoms with Gasteiger partial charge in [0.25, 0.3) is 0 Å². The third kappa shape index (κ3) is 7.41. The Balaban J connectivity index is 0.00000320. The van der Waals surface area contributed by atoms with E-state index >= 15 is 0 Å². The smallest absolute Gasteiger partial charge is 0.227 e. The third-order valence-electron chi connectivity index (χ3n) is 6.18. The highest BCUT2D eigenvalue weighted by Crippen LogP contribution is 2.22. The molecule has 1 aromatic carbocycles. The van der Waals surface area contributed by atoms with Gasteiger partial charge in [-0.25, -0.2) is 0 Å². The van der Waals surface area contributed by atoms with Gasteiger partial charge in [0.1, 0.15) is 0 Å². The van der Waals surface area contributed by atoms with Crippen LogP contribution in [0.15, 0.2) is 29.3 Å². The fourth-order valence-corrected chi connectivity index (χ4v) is 4.36. The van der Waals surface area contributed by atoms with E-state index < -0.39 is 0 Å². The van der Waals surface area contributed by atoms with Crippen LogP contribution in [0, 0.1) is 0 Å². The largest absolute Gasteiger partial charge is 0.356 e. The zero-order valence-corrected chi connectivity index (χ0v) is 20.9. The molecule has 1 aromatic rings. The lowest BCUT2D eigenvalue weighted by molar-refractivity contribution is -0.117. The van der Waals surface area contributed by atoms with Crippen molar-refractivity contribution in [2.24, 2.45) is 4.99 Å². The van der Waals surface area contributed by atoms with Gasteiger partial charge in [-0.3, -0.25) is 9.79 Å². The number of aliphatic imine (C=N–C) groups is 1. The van der Waals surface area contributed by atoms with Crippen molar-refractivity contribution in [2.75, 3.05) is 38.6 Å². The molecule has 168 valence electrons. The number of carbonyl (C=O) groups is 1. The molecule has 0 bridgehead atoms. The van der Waals surface area contributed by atoms with Crippen molar-refractivity contribution in [3.63, 3.8) is 0 Å². The second-order valence-corrected chi connectivity index (χ2v) is 8.29. The molecule has 6 nitrogen and oxygen atoms in total. The zero-order chi connectivity index (χ0) is 20.5. The Bertz CT molecular complexity index is 673. The van der Waals surface area contributed by atoms with Crippen LogP contribution in [0.3, 0.4) is 0 Å². The van der Waals surface area contributed by atoms with Gasteiger partial charge in [0.15, 0.2) is 5.96 Å². The van der Waals surface area contributed by atoms with Crippen molar-refractivity contribution in [3.8, 4) is 0 Å². The molecule has 1 aliphatic heterocycles. The number of benzene rings is 1. The second kappa shape index (κ2) is 13.1. The first-order valence-corrected chi connectivity index (χ1v) is 11.2. The molecule has 0 aromatic heterocycles. The Labute approximate surface area is 198 Å². The van der Waals surface area contributed by atoms with E-state index in [1.807, 2.05) is 24.1 Å². The SMILES string of the molecule is CN=C(NCCCN(C)C1CCCCC1)NCc1ccc(N2CCCC2=O)cc1.I. The predicted molar refractivity (Wildman–Crippen MR) is 136 cm³/mol. The van der Waals surface area contributed by atoms with E-state index in [0.29, 0.717) is 6.42 Å². The standard InChI is InChI=1S/C23H37N5O.HI/c1-24-23(25-15-7-16-27(2)20-8-4-3-5-9-20)26-18-19-11-13-21(14-12-19)28-17-6-10-22(28)29;/h11-14,20H,3-10,15-18H2,1-2H3,(H2,24,25,26);1H. The Morgan fingerprint density at radius 2 is 1.87 bits per heavy atom. The van der Waals surface area contributed by atoms with Crippen molar-refractivity contribution >= 4 is 41.5 Å². The lowest BCUT2D eigenvalue weighted by Crippen LogP contribution is -2.39. The number of nitrogens with one attached hydrogen (secondary N) is 2. The van der Waals surface area contributed by atoms with Crippen LogP contribution < -0.4 is 15.5 Å². The van der Waals surface area contributed by atoms with Gasteiger partial charge >= 0.3 is 0 Å². The summed E-state index contributed by atoms with van der Waals surface area (Å²) in [5, 5.41) is 6.80. The van der Waals surface area contributed by atoms with E-state index in [2.05, 4.69) is 39.7 Å². The fraction of sp³-hybridized carbons (Fsp3) is 0.652. The van der Waals surface area contributed by atoms with Gasteiger partial charge in [0, 0.05) is 44.8 Å². The highest BCUT2D eigenvalue weighted by atomic mass is 127. The maximum atomic E-state index is 11.9. The first-order chi connectivity index (χ1) is 14.2. The number of anilines is 1. The van der Waals surface area contributed by atoms with Crippen LogP contribution in [0.2, 0.25) is 0 Å². The summed E-state index contributed by atoms with van der Waals surface area (Å²) >= 11 is 0. The van der Waals surface area contributed by atoms with Crippen molar-refractivity contribution in [3.05, 3.63) is 29.8 Å². The minimum atomic E-state index is 0. The van der Waals surface area contributed by atoms with Crippen molar-refractivity contribution in [1.29, 1.82) is 0 Å². The molecule has 1 saturated heterocycles. The Morgan fingerprint density at radius 1 is 1.13 bits per heavy atom. The fourth-order valence-electron chi connectivity index (χ4n) is 4.36. The topological polar surface area (TPSA) is 60.0 Å². The summed E-state index contributed by atoms with van der Waals surface area (Å²) in [7, 11) is 4.08. The minimum Gasteiger partial charge on any atom is -0.356 e. The van der Waals surface area contributed by atoms with Crippen LogP contribution in [0.5, 0.6) is 0 Å². The van der Waals surface area contributed by atoms with Gasteiger partial charge in [-0.1, -0.05) is 31.4 Å². The van der Waals surface area contributed by atoms with Crippen LogP contribution in [0.25, 0.3) is 0 Å². The average Bonchev–Trinajstić information content (AvgIpc) is 3.20. The molecule has 1 aliphatic carbocycles. The van der Waals surface area contributed by atoms with Gasteiger partial charge in [0.05, 0.1) is 0 Å². The molecule has 0 spiro atoms. The molecule has 0 atom stereocenters. The number of nitrogens with zero attached hydrogens (tertiary/aromatic N) is 3. The van der Waals surface area contributed by atoms with E-state index in [9.17, 15) is 4.79 Å². The summed E-state index contributed by atoms with van der Waals surface area (Å²) in [6, 6.07) is 9.02. The van der Waals surface area contributed by atoms with Gasteiger partial charge < -0.3 is 20.4 Å². The molecule has 1 heterocycles. The molecule has 2 fully saturated rings. The van der Waals surface area contributed by atoms with E-state index in [1.165, 1.54) is 37.7 Å². The summed E-state index contributed by atoms with van der Waals surface area (Å²) < 4.78 is 0. The van der Waals surface area contributed by atoms with Gasteiger partial charge in [-0.2, -0.15) is 0 Å². The maximum absolute atomic E-state index is 11.9. The van der Waals surface area contributed by atoms with Crippen molar-refractivity contribution < 1.29 is 4.79 Å². The normalized spacial score (nSPS) is 17.9. The van der Waals surface area contributed by atoms with Crippen LogP contribution >= 0.6 is 24.0 Å². The summed E-state index contributed by atoms with van der Waals surface area (Å²) in [6.07, 6.45) is 9.65. The van der Waals surface area contributed by atoms with Gasteiger partial charge in [-0.05, 0) is 57.0 Å². The molecular formula is C23H38IN5O. The third-order valence-corrected chi connectivity index (χ3v) is 6.18. The molecule has 2 aliphatic rings. The summed E-state index contributed by atoms with van der Waals surface area (Å²) in [5.74, 6) is 1.07. The number of carbonyl (C=O) groups excluding carboxylic acids is 1. The number of guanidine groups is 1. The van der Waals surface area contributed by atoms with Crippen molar-refractivity contribution in [2.45, 2.75) is 64.0 Å². The summed E-state index contributed by atoms with van der Waals surface area (Å²) in [5.41, 5.74) is 2.18. The number of amides is 1. The molecular weight excluding hydrogens is 489 g/mol. The molecule has 0 radical (unpaired) electrons.